The Morgan fingerprint density at radius 2 is 1.97 bits per heavy atom. The Morgan fingerprint density at radius 1 is 1.23 bits per heavy atom. The predicted molar refractivity (Wildman–Crippen MR) is 119 cm³/mol. The van der Waals surface area contributed by atoms with Gasteiger partial charge in [-0.25, -0.2) is 8.42 Å². The van der Waals surface area contributed by atoms with E-state index in [1.165, 1.54) is 6.07 Å². The number of thioether (sulfide) groups is 1. The number of hydrogen-bond acceptors (Lipinski definition) is 6. The van der Waals surface area contributed by atoms with Crippen molar-refractivity contribution in [3.63, 3.8) is 0 Å². The molecule has 2 amide bonds. The van der Waals surface area contributed by atoms with Crippen molar-refractivity contribution < 1.29 is 18.0 Å². The third-order valence-corrected chi connectivity index (χ3v) is 8.17. The number of rotatable bonds is 6. The van der Waals surface area contributed by atoms with Crippen molar-refractivity contribution in [2.24, 2.45) is 0 Å². The smallest absolute Gasteiger partial charge is 0.241 e. The molecule has 1 saturated heterocycles. The summed E-state index contributed by atoms with van der Waals surface area (Å²) in [5.41, 5.74) is 1.49. The van der Waals surface area contributed by atoms with Gasteiger partial charge in [0.05, 0.1) is 21.4 Å². The summed E-state index contributed by atoms with van der Waals surface area (Å²) in [4.78, 5) is 24.8. The Balaban J connectivity index is 1.58. The van der Waals surface area contributed by atoms with E-state index in [0.29, 0.717) is 16.3 Å². The van der Waals surface area contributed by atoms with Crippen LogP contribution in [0.15, 0.2) is 47.4 Å². The first-order valence-corrected chi connectivity index (χ1v) is 12.2. The van der Waals surface area contributed by atoms with Crippen molar-refractivity contribution in [2.45, 2.75) is 29.5 Å². The number of carbonyl (C=O) groups excluding carboxylic acids is 2. The van der Waals surface area contributed by atoms with Crippen LogP contribution in [0.2, 0.25) is 5.02 Å². The van der Waals surface area contributed by atoms with E-state index in [9.17, 15) is 18.0 Å². The molecular weight excluding hydrogens is 446 g/mol. The Hall–Kier alpha value is -2.07. The summed E-state index contributed by atoms with van der Waals surface area (Å²) in [5.74, 6) is -0.815. The highest BCUT2D eigenvalue weighted by Gasteiger charge is 2.39. The van der Waals surface area contributed by atoms with E-state index in [4.69, 9.17) is 11.6 Å². The van der Waals surface area contributed by atoms with Gasteiger partial charge < -0.3 is 10.6 Å². The molecule has 1 aliphatic rings. The molecule has 2 unspecified atom stereocenters. The Bertz CT molecular complexity index is 1080. The van der Waals surface area contributed by atoms with Crippen LogP contribution < -0.4 is 16.0 Å². The number of halogens is 1. The summed E-state index contributed by atoms with van der Waals surface area (Å²) in [6.45, 7) is 3.55. The van der Waals surface area contributed by atoms with Crippen LogP contribution >= 0.6 is 23.4 Å². The number of sulfone groups is 1. The van der Waals surface area contributed by atoms with Gasteiger partial charge in [-0.1, -0.05) is 41.4 Å². The molecular formula is C20H22ClN3O4S2. The largest absolute Gasteiger partial charge is 0.331 e. The Kier molecular flexibility index (Phi) is 7.07. The lowest BCUT2D eigenvalue weighted by atomic mass is 10.2. The molecule has 10 heteroatoms. The SMILES string of the molecule is Cc1ccc(S(=O)(=O)C2CNC(SCC(=O)Nc3ccccc3Cl)NC2=O)c(C)c1. The van der Waals surface area contributed by atoms with Crippen molar-refractivity contribution in [1.29, 1.82) is 0 Å². The van der Waals surface area contributed by atoms with Gasteiger partial charge in [-0.3, -0.25) is 14.9 Å². The lowest BCUT2D eigenvalue weighted by Crippen LogP contribution is -2.59. The first-order chi connectivity index (χ1) is 14.2. The fourth-order valence-electron chi connectivity index (χ4n) is 3.11. The quantitative estimate of drug-likeness (QED) is 0.603. The zero-order valence-corrected chi connectivity index (χ0v) is 18.8. The molecule has 2 atom stereocenters. The third kappa shape index (κ3) is 5.15. The average Bonchev–Trinajstić information content (AvgIpc) is 2.67. The number of benzene rings is 2. The zero-order valence-electron chi connectivity index (χ0n) is 16.4. The molecule has 0 aromatic heterocycles. The fourth-order valence-corrected chi connectivity index (χ4v) is 5.84. The maximum absolute atomic E-state index is 13.0. The van der Waals surface area contributed by atoms with Crippen LogP contribution in [0.25, 0.3) is 0 Å². The molecule has 7 nitrogen and oxygen atoms in total. The molecule has 0 radical (unpaired) electrons. The summed E-state index contributed by atoms with van der Waals surface area (Å²) in [6, 6.07) is 11.9. The lowest BCUT2D eigenvalue weighted by molar-refractivity contribution is -0.122. The normalized spacial score (nSPS) is 19.2. The van der Waals surface area contributed by atoms with Gasteiger partial charge in [-0.2, -0.15) is 0 Å². The van der Waals surface area contributed by atoms with Gasteiger partial charge in [0.1, 0.15) is 5.50 Å². The van der Waals surface area contributed by atoms with Crippen LogP contribution in [0.5, 0.6) is 0 Å². The van der Waals surface area contributed by atoms with E-state index >= 15 is 0 Å². The van der Waals surface area contributed by atoms with E-state index in [-0.39, 0.29) is 23.1 Å². The molecule has 0 spiro atoms. The molecule has 30 heavy (non-hydrogen) atoms. The summed E-state index contributed by atoms with van der Waals surface area (Å²) in [6.07, 6.45) is 0. The lowest BCUT2D eigenvalue weighted by Gasteiger charge is -2.30. The van der Waals surface area contributed by atoms with Crippen molar-refractivity contribution in [3.8, 4) is 0 Å². The van der Waals surface area contributed by atoms with Gasteiger partial charge >= 0.3 is 0 Å². The Labute approximate surface area is 184 Å². The van der Waals surface area contributed by atoms with Crippen LogP contribution in [0.3, 0.4) is 0 Å². The average molecular weight is 468 g/mol. The minimum atomic E-state index is -3.84. The maximum Gasteiger partial charge on any atom is 0.241 e. The molecule has 0 bridgehead atoms. The van der Waals surface area contributed by atoms with Gasteiger partial charge in [-0.15, -0.1) is 11.8 Å². The second-order valence-corrected chi connectivity index (χ2v) is 10.5. The standard InChI is InChI=1S/C20H22ClN3O4S2/c1-12-7-8-16(13(2)9-12)30(27,28)17-10-22-20(24-19(17)26)29-11-18(25)23-15-6-4-3-5-14(15)21/h3-9,17,20,22H,10-11H2,1-2H3,(H,23,25)(H,24,26). The molecule has 2 aromatic rings. The molecule has 3 N–H and O–H groups in total. The highest BCUT2D eigenvalue weighted by molar-refractivity contribution is 8.00. The fraction of sp³-hybridized carbons (Fsp3) is 0.300. The minimum Gasteiger partial charge on any atom is -0.331 e. The molecule has 1 heterocycles. The molecule has 160 valence electrons. The van der Waals surface area contributed by atoms with Gasteiger partial charge in [0, 0.05) is 6.54 Å². The van der Waals surface area contributed by atoms with E-state index in [1.807, 2.05) is 6.92 Å². The monoisotopic (exact) mass is 467 g/mol. The van der Waals surface area contributed by atoms with E-state index in [2.05, 4.69) is 16.0 Å². The zero-order chi connectivity index (χ0) is 21.9. The van der Waals surface area contributed by atoms with Crippen LogP contribution in [0.1, 0.15) is 11.1 Å². The van der Waals surface area contributed by atoms with Gasteiger partial charge in [-0.05, 0) is 37.6 Å². The van der Waals surface area contributed by atoms with Crippen molar-refractivity contribution in [2.75, 3.05) is 17.6 Å². The molecule has 3 rings (SSSR count). The first-order valence-electron chi connectivity index (χ1n) is 9.19. The van der Waals surface area contributed by atoms with Crippen molar-refractivity contribution in [1.82, 2.24) is 10.6 Å². The maximum atomic E-state index is 13.0. The number of para-hydroxylation sites is 1. The summed E-state index contributed by atoms with van der Waals surface area (Å²) in [7, 11) is -3.84. The van der Waals surface area contributed by atoms with Crippen molar-refractivity contribution in [3.05, 3.63) is 58.6 Å². The number of aryl methyl sites for hydroxylation is 2. The van der Waals surface area contributed by atoms with Crippen LogP contribution in [0.4, 0.5) is 5.69 Å². The highest BCUT2D eigenvalue weighted by Crippen LogP contribution is 2.24. The topological polar surface area (TPSA) is 104 Å². The third-order valence-electron chi connectivity index (χ3n) is 4.59. The van der Waals surface area contributed by atoms with E-state index in [0.717, 1.165) is 17.3 Å². The molecule has 0 saturated carbocycles. The highest BCUT2D eigenvalue weighted by atomic mass is 35.5. The number of nitrogens with one attached hydrogen (secondary N) is 3. The number of amides is 2. The van der Waals surface area contributed by atoms with Crippen LogP contribution in [0, 0.1) is 13.8 Å². The molecule has 0 aliphatic carbocycles. The second kappa shape index (κ2) is 9.38. The summed E-state index contributed by atoms with van der Waals surface area (Å²) >= 11 is 7.17. The molecule has 1 aliphatic heterocycles. The van der Waals surface area contributed by atoms with Crippen molar-refractivity contribution >= 4 is 50.7 Å². The predicted octanol–water partition coefficient (Wildman–Crippen LogP) is 2.47. The number of hydrogen-bond donors (Lipinski definition) is 3. The number of carbonyl (C=O) groups is 2. The second-order valence-electron chi connectivity index (χ2n) is 6.94. The van der Waals surface area contributed by atoms with Crippen LogP contribution in [-0.4, -0.2) is 43.3 Å². The van der Waals surface area contributed by atoms with Gasteiger partial charge in [0.15, 0.2) is 15.1 Å². The number of anilines is 1. The summed E-state index contributed by atoms with van der Waals surface area (Å²) in [5, 5.41) is 7.51. The first kappa shape index (κ1) is 22.6. The van der Waals surface area contributed by atoms with Gasteiger partial charge in [0.25, 0.3) is 0 Å². The molecule has 2 aromatic carbocycles. The minimum absolute atomic E-state index is 0.0364. The van der Waals surface area contributed by atoms with E-state index in [1.54, 1.807) is 43.3 Å². The van der Waals surface area contributed by atoms with E-state index < -0.39 is 26.5 Å². The Morgan fingerprint density at radius 3 is 2.63 bits per heavy atom. The summed E-state index contributed by atoms with van der Waals surface area (Å²) < 4.78 is 25.9. The molecule has 1 fully saturated rings. The van der Waals surface area contributed by atoms with Crippen LogP contribution in [-0.2, 0) is 19.4 Å². The van der Waals surface area contributed by atoms with Gasteiger partial charge in [0.2, 0.25) is 11.8 Å².